The molecule has 1 N–H and O–H groups in total. The quantitative estimate of drug-likeness (QED) is 0.784. The van der Waals surface area contributed by atoms with Crippen LogP contribution in [-0.2, 0) is 9.47 Å². The van der Waals surface area contributed by atoms with Crippen LogP contribution in [0.25, 0.3) is 0 Å². The normalized spacial score (nSPS) is 36.2. The largest absolute Gasteiger partial charge is 0.352 e. The van der Waals surface area contributed by atoms with Crippen LogP contribution in [0.4, 0.5) is 0 Å². The lowest BCUT2D eigenvalue weighted by molar-refractivity contribution is -0.246. The minimum absolute atomic E-state index is 0.0610. The first-order valence-electron chi connectivity index (χ1n) is 6.51. The van der Waals surface area contributed by atoms with Crippen LogP contribution in [0.3, 0.4) is 0 Å². The van der Waals surface area contributed by atoms with Gasteiger partial charge in [-0.25, -0.2) is 0 Å². The summed E-state index contributed by atoms with van der Waals surface area (Å²) in [5.41, 5.74) is 0.193. The van der Waals surface area contributed by atoms with E-state index in [0.717, 1.165) is 13.2 Å². The van der Waals surface area contributed by atoms with E-state index in [0.29, 0.717) is 12.0 Å². The van der Waals surface area contributed by atoms with Gasteiger partial charge in [-0.05, 0) is 32.7 Å². The van der Waals surface area contributed by atoms with Crippen LogP contribution in [0.1, 0.15) is 39.5 Å². The summed E-state index contributed by atoms with van der Waals surface area (Å²) in [7, 11) is 2.06. The second-order valence-corrected chi connectivity index (χ2v) is 6.05. The summed E-state index contributed by atoms with van der Waals surface area (Å²) < 4.78 is 11.7. The summed E-state index contributed by atoms with van der Waals surface area (Å²) in [6.45, 7) is 6.06. The smallest absolute Gasteiger partial charge is 0.160 e. The Morgan fingerprint density at radius 1 is 1.00 bits per heavy atom. The molecule has 94 valence electrons. The van der Waals surface area contributed by atoms with E-state index in [9.17, 15) is 0 Å². The molecule has 2 fully saturated rings. The van der Waals surface area contributed by atoms with Gasteiger partial charge in [0, 0.05) is 17.4 Å². The lowest BCUT2D eigenvalue weighted by Crippen LogP contribution is -2.43. The predicted molar refractivity (Wildman–Crippen MR) is 64.3 cm³/mol. The molecule has 1 aliphatic heterocycles. The van der Waals surface area contributed by atoms with Gasteiger partial charge in [0.1, 0.15) is 0 Å². The molecule has 0 unspecified atom stereocenters. The van der Waals surface area contributed by atoms with Gasteiger partial charge in [0.25, 0.3) is 0 Å². The van der Waals surface area contributed by atoms with Crippen molar-refractivity contribution in [2.24, 2.45) is 11.3 Å². The van der Waals surface area contributed by atoms with E-state index in [1.165, 1.54) is 25.7 Å². The van der Waals surface area contributed by atoms with Crippen LogP contribution >= 0.6 is 0 Å². The minimum atomic E-state index is 0.0610. The second kappa shape index (κ2) is 5.03. The van der Waals surface area contributed by atoms with E-state index in [1.54, 1.807) is 0 Å². The highest BCUT2D eigenvalue weighted by atomic mass is 16.7. The van der Waals surface area contributed by atoms with Crippen LogP contribution in [0.2, 0.25) is 0 Å². The van der Waals surface area contributed by atoms with Gasteiger partial charge in [-0.15, -0.1) is 0 Å². The van der Waals surface area contributed by atoms with Crippen molar-refractivity contribution in [1.29, 1.82) is 0 Å². The average Bonchev–Trinajstić information content (AvgIpc) is 2.29. The molecule has 0 aromatic carbocycles. The van der Waals surface area contributed by atoms with Crippen LogP contribution < -0.4 is 5.32 Å². The van der Waals surface area contributed by atoms with Crippen molar-refractivity contribution in [3.63, 3.8) is 0 Å². The summed E-state index contributed by atoms with van der Waals surface area (Å²) >= 11 is 0. The third-order valence-electron chi connectivity index (χ3n) is 3.84. The van der Waals surface area contributed by atoms with E-state index in [4.69, 9.17) is 9.47 Å². The van der Waals surface area contributed by atoms with Gasteiger partial charge < -0.3 is 14.8 Å². The van der Waals surface area contributed by atoms with Crippen molar-refractivity contribution in [1.82, 2.24) is 5.32 Å². The first-order valence-corrected chi connectivity index (χ1v) is 6.51. The molecule has 0 aromatic rings. The highest BCUT2D eigenvalue weighted by Crippen LogP contribution is 2.33. The fourth-order valence-corrected chi connectivity index (χ4v) is 2.66. The van der Waals surface area contributed by atoms with Crippen molar-refractivity contribution in [2.45, 2.75) is 51.9 Å². The predicted octanol–water partition coefficient (Wildman–Crippen LogP) is 2.16. The van der Waals surface area contributed by atoms with E-state index in [2.05, 4.69) is 26.2 Å². The zero-order valence-electron chi connectivity index (χ0n) is 10.8. The summed E-state index contributed by atoms with van der Waals surface area (Å²) in [6, 6.07) is 0.705. The zero-order valence-corrected chi connectivity index (χ0v) is 10.8. The number of rotatable bonds is 2. The maximum absolute atomic E-state index is 5.86. The molecule has 1 heterocycles. The highest BCUT2D eigenvalue weighted by molar-refractivity contribution is 4.80. The molecule has 0 radical (unpaired) electrons. The highest BCUT2D eigenvalue weighted by Gasteiger charge is 2.34. The molecule has 0 spiro atoms. The van der Waals surface area contributed by atoms with Gasteiger partial charge in [0.2, 0.25) is 0 Å². The van der Waals surface area contributed by atoms with Gasteiger partial charge in [-0.2, -0.15) is 0 Å². The number of hydrogen-bond donors (Lipinski definition) is 1. The summed E-state index contributed by atoms with van der Waals surface area (Å²) in [6.07, 6.45) is 5.04. The Labute approximate surface area is 98.9 Å². The molecule has 1 saturated heterocycles. The summed E-state index contributed by atoms with van der Waals surface area (Å²) in [5, 5.41) is 3.36. The molecule has 0 atom stereocenters. The van der Waals surface area contributed by atoms with E-state index in [1.807, 2.05) is 0 Å². The Morgan fingerprint density at radius 3 is 2.06 bits per heavy atom. The molecule has 0 aromatic heterocycles. The Hall–Kier alpha value is -0.120. The van der Waals surface area contributed by atoms with Crippen molar-refractivity contribution < 1.29 is 9.47 Å². The molecule has 3 heteroatoms. The Morgan fingerprint density at radius 2 is 1.56 bits per heavy atom. The minimum Gasteiger partial charge on any atom is -0.352 e. The molecule has 0 bridgehead atoms. The molecule has 2 rings (SSSR count). The van der Waals surface area contributed by atoms with Crippen LogP contribution in [-0.4, -0.2) is 32.6 Å². The fraction of sp³-hybridized carbons (Fsp3) is 1.00. The van der Waals surface area contributed by atoms with Crippen LogP contribution in [0, 0.1) is 11.3 Å². The fourth-order valence-electron chi connectivity index (χ4n) is 2.66. The van der Waals surface area contributed by atoms with E-state index >= 15 is 0 Å². The lowest BCUT2D eigenvalue weighted by Gasteiger charge is -2.40. The molecule has 16 heavy (non-hydrogen) atoms. The average molecular weight is 227 g/mol. The molecule has 3 nitrogen and oxygen atoms in total. The topological polar surface area (TPSA) is 30.5 Å². The van der Waals surface area contributed by atoms with Crippen LogP contribution in [0.15, 0.2) is 0 Å². The van der Waals surface area contributed by atoms with Crippen LogP contribution in [0.5, 0.6) is 0 Å². The van der Waals surface area contributed by atoms with E-state index in [-0.39, 0.29) is 11.7 Å². The second-order valence-electron chi connectivity index (χ2n) is 6.05. The van der Waals surface area contributed by atoms with Crippen molar-refractivity contribution in [3.05, 3.63) is 0 Å². The summed E-state index contributed by atoms with van der Waals surface area (Å²) in [5.74, 6) is 0.612. The lowest BCUT2D eigenvalue weighted by atomic mass is 9.85. The van der Waals surface area contributed by atoms with Gasteiger partial charge in [0.15, 0.2) is 6.29 Å². The Bertz CT molecular complexity index is 212. The Kier molecular flexibility index (Phi) is 3.88. The molecule has 2 aliphatic rings. The molecule has 1 aliphatic carbocycles. The zero-order chi connectivity index (χ0) is 11.6. The molecule has 0 amide bonds. The van der Waals surface area contributed by atoms with Gasteiger partial charge in [-0.1, -0.05) is 13.8 Å². The standard InChI is InChI=1S/C13H25NO2/c1-13(2)8-15-12(16-9-13)10-4-6-11(14-3)7-5-10/h10-12,14H,4-9H2,1-3H3. The van der Waals surface area contributed by atoms with Gasteiger partial charge in [0.05, 0.1) is 13.2 Å². The van der Waals surface area contributed by atoms with Crippen molar-refractivity contribution in [3.8, 4) is 0 Å². The SMILES string of the molecule is CNC1CCC(C2OCC(C)(C)CO2)CC1. The Balaban J connectivity index is 1.78. The first-order chi connectivity index (χ1) is 7.61. The van der Waals surface area contributed by atoms with Gasteiger partial charge in [-0.3, -0.25) is 0 Å². The third kappa shape index (κ3) is 2.96. The first kappa shape index (κ1) is 12.3. The number of ether oxygens (including phenoxy) is 2. The molecular formula is C13H25NO2. The maximum atomic E-state index is 5.86. The van der Waals surface area contributed by atoms with Crippen molar-refractivity contribution >= 4 is 0 Å². The van der Waals surface area contributed by atoms with E-state index < -0.39 is 0 Å². The number of hydrogen-bond acceptors (Lipinski definition) is 3. The molecular weight excluding hydrogens is 202 g/mol. The molecule has 1 saturated carbocycles. The van der Waals surface area contributed by atoms with Gasteiger partial charge >= 0.3 is 0 Å². The number of nitrogens with one attached hydrogen (secondary N) is 1. The van der Waals surface area contributed by atoms with Crippen molar-refractivity contribution in [2.75, 3.05) is 20.3 Å². The maximum Gasteiger partial charge on any atom is 0.160 e. The summed E-state index contributed by atoms with van der Waals surface area (Å²) in [4.78, 5) is 0. The monoisotopic (exact) mass is 227 g/mol. The third-order valence-corrected chi connectivity index (χ3v) is 3.84.